The summed E-state index contributed by atoms with van der Waals surface area (Å²) in [5.41, 5.74) is 3.17. The first-order valence-electron chi connectivity index (χ1n) is 9.31. The molecule has 0 fully saturated rings. The zero-order chi connectivity index (χ0) is 21.1. The van der Waals surface area contributed by atoms with Gasteiger partial charge in [0, 0.05) is 12.6 Å². The van der Waals surface area contributed by atoms with Crippen LogP contribution in [-0.2, 0) is 7.05 Å². The number of carbonyl (C=O) groups is 1. The summed E-state index contributed by atoms with van der Waals surface area (Å²) in [6.45, 7) is 0. The monoisotopic (exact) mass is 418 g/mol. The maximum atomic E-state index is 13.5. The van der Waals surface area contributed by atoms with Gasteiger partial charge < -0.3 is 9.30 Å². The lowest BCUT2D eigenvalue weighted by Crippen LogP contribution is -2.14. The summed E-state index contributed by atoms with van der Waals surface area (Å²) < 4.78 is 20.7. The summed E-state index contributed by atoms with van der Waals surface area (Å²) in [5, 5.41) is 0. The van der Waals surface area contributed by atoms with Gasteiger partial charge in [-0.15, -0.1) is 0 Å². The summed E-state index contributed by atoms with van der Waals surface area (Å²) >= 11 is 1.42. The Balaban J connectivity index is 1.88. The summed E-state index contributed by atoms with van der Waals surface area (Å²) in [6, 6.07) is 23.3. The number of methoxy groups -OCH3 is 1. The van der Waals surface area contributed by atoms with Gasteiger partial charge in [-0.2, -0.15) is 4.99 Å². The van der Waals surface area contributed by atoms with Crippen molar-refractivity contribution < 1.29 is 13.9 Å². The molecule has 0 radical (unpaired) electrons. The van der Waals surface area contributed by atoms with Gasteiger partial charge in [-0.25, -0.2) is 4.39 Å². The van der Waals surface area contributed by atoms with E-state index in [0.717, 1.165) is 27.4 Å². The van der Waals surface area contributed by atoms with E-state index in [0.29, 0.717) is 4.80 Å². The van der Waals surface area contributed by atoms with E-state index in [2.05, 4.69) is 4.99 Å². The van der Waals surface area contributed by atoms with E-state index >= 15 is 0 Å². The van der Waals surface area contributed by atoms with E-state index in [9.17, 15) is 9.18 Å². The molecular weight excluding hydrogens is 399 g/mol. The summed E-state index contributed by atoms with van der Waals surface area (Å²) in [4.78, 5) is 18.5. The number of ether oxygens (including phenoxy) is 1. The van der Waals surface area contributed by atoms with Crippen molar-refractivity contribution in [3.05, 3.63) is 95.0 Å². The van der Waals surface area contributed by atoms with E-state index in [1.807, 2.05) is 66.2 Å². The molecule has 30 heavy (non-hydrogen) atoms. The molecule has 0 spiro atoms. The van der Waals surface area contributed by atoms with Gasteiger partial charge >= 0.3 is 0 Å². The first-order valence-corrected chi connectivity index (χ1v) is 10.1. The number of aromatic nitrogens is 1. The van der Waals surface area contributed by atoms with Crippen LogP contribution in [-0.4, -0.2) is 17.6 Å². The Hall–Kier alpha value is -3.51. The maximum absolute atomic E-state index is 13.5. The average Bonchev–Trinajstić information content (AvgIpc) is 3.10. The van der Waals surface area contributed by atoms with Crippen molar-refractivity contribution in [2.45, 2.75) is 0 Å². The number of hydrogen-bond donors (Lipinski definition) is 0. The fraction of sp³-hybridized carbons (Fsp3) is 0.0833. The molecule has 6 heteroatoms. The maximum Gasteiger partial charge on any atom is 0.279 e. The molecule has 1 amide bonds. The summed E-state index contributed by atoms with van der Waals surface area (Å²) in [5.74, 6) is -0.174. The van der Waals surface area contributed by atoms with Gasteiger partial charge in [0.25, 0.3) is 5.91 Å². The van der Waals surface area contributed by atoms with Crippen molar-refractivity contribution in [1.29, 1.82) is 0 Å². The average molecular weight is 418 g/mol. The molecule has 1 aromatic heterocycles. The van der Waals surface area contributed by atoms with E-state index in [4.69, 9.17) is 4.74 Å². The number of halogens is 1. The van der Waals surface area contributed by atoms with E-state index in [-0.39, 0.29) is 5.56 Å². The van der Waals surface area contributed by atoms with Crippen molar-refractivity contribution in [2.24, 2.45) is 12.0 Å². The van der Waals surface area contributed by atoms with Crippen LogP contribution >= 0.6 is 11.3 Å². The van der Waals surface area contributed by atoms with Crippen LogP contribution in [0.25, 0.3) is 21.7 Å². The summed E-state index contributed by atoms with van der Waals surface area (Å²) in [6.07, 6.45) is 0. The molecule has 0 aliphatic heterocycles. The number of nitrogens with zero attached hydrogens (tertiary/aromatic N) is 2. The second kappa shape index (κ2) is 8.47. The molecule has 0 saturated heterocycles. The van der Waals surface area contributed by atoms with Crippen LogP contribution in [0.1, 0.15) is 10.4 Å². The van der Waals surface area contributed by atoms with Gasteiger partial charge in [-0.05, 0) is 53.6 Å². The minimum absolute atomic E-state index is 0.218. The van der Waals surface area contributed by atoms with Crippen molar-refractivity contribution in [3.8, 4) is 27.4 Å². The molecular formula is C24H19FN2O2S. The van der Waals surface area contributed by atoms with Crippen molar-refractivity contribution in [2.75, 3.05) is 7.11 Å². The normalized spacial score (nSPS) is 11.5. The lowest BCUT2D eigenvalue weighted by atomic mass is 10.1. The number of rotatable bonds is 4. The van der Waals surface area contributed by atoms with Crippen LogP contribution in [0.3, 0.4) is 0 Å². The van der Waals surface area contributed by atoms with Crippen LogP contribution in [0.15, 0.2) is 83.9 Å². The molecule has 0 aliphatic rings. The minimum atomic E-state index is -0.479. The van der Waals surface area contributed by atoms with Crippen molar-refractivity contribution >= 4 is 17.2 Å². The van der Waals surface area contributed by atoms with Gasteiger partial charge in [0.1, 0.15) is 11.6 Å². The van der Waals surface area contributed by atoms with Gasteiger partial charge in [-0.1, -0.05) is 47.7 Å². The third-order valence-electron chi connectivity index (χ3n) is 4.70. The molecule has 150 valence electrons. The number of benzene rings is 3. The van der Waals surface area contributed by atoms with Gasteiger partial charge in [-0.3, -0.25) is 4.79 Å². The van der Waals surface area contributed by atoms with Gasteiger partial charge in [0.05, 0.1) is 17.7 Å². The molecule has 0 saturated carbocycles. The van der Waals surface area contributed by atoms with E-state index < -0.39 is 11.7 Å². The summed E-state index contributed by atoms with van der Waals surface area (Å²) in [7, 11) is 3.50. The lowest BCUT2D eigenvalue weighted by molar-refractivity contribution is 0.0997. The Labute approximate surface area is 177 Å². The van der Waals surface area contributed by atoms with Gasteiger partial charge in [0.15, 0.2) is 4.80 Å². The third kappa shape index (κ3) is 3.95. The minimum Gasteiger partial charge on any atom is -0.497 e. The fourth-order valence-corrected chi connectivity index (χ4v) is 4.33. The molecule has 0 unspecified atom stereocenters. The highest BCUT2D eigenvalue weighted by Gasteiger charge is 2.16. The Morgan fingerprint density at radius 2 is 1.70 bits per heavy atom. The molecule has 3 aromatic carbocycles. The predicted molar refractivity (Wildman–Crippen MR) is 117 cm³/mol. The highest BCUT2D eigenvalue weighted by molar-refractivity contribution is 7.13. The van der Waals surface area contributed by atoms with Crippen LogP contribution in [0.5, 0.6) is 5.75 Å². The standard InChI is InChI=1S/C24H19FN2O2S/c1-27-21(16-11-13-20(29-2)14-12-16)22(17-7-4-3-5-8-17)30-24(27)26-23(28)18-9-6-10-19(25)15-18/h3-15H,1-2H3. The number of thiazole rings is 1. The van der Waals surface area contributed by atoms with Crippen molar-refractivity contribution in [3.63, 3.8) is 0 Å². The topological polar surface area (TPSA) is 43.6 Å². The SMILES string of the molecule is COc1ccc(-c2c(-c3ccccc3)sc(=NC(=O)c3cccc(F)c3)n2C)cc1. The third-order valence-corrected chi connectivity index (χ3v) is 5.88. The number of carbonyl (C=O) groups excluding carboxylic acids is 1. The molecule has 0 aliphatic carbocycles. The zero-order valence-electron chi connectivity index (χ0n) is 16.5. The largest absolute Gasteiger partial charge is 0.497 e. The Bertz CT molecular complexity index is 1260. The number of amides is 1. The zero-order valence-corrected chi connectivity index (χ0v) is 17.3. The van der Waals surface area contributed by atoms with Crippen LogP contribution < -0.4 is 9.54 Å². The van der Waals surface area contributed by atoms with Gasteiger partial charge in [0.2, 0.25) is 0 Å². The van der Waals surface area contributed by atoms with E-state index in [1.54, 1.807) is 13.2 Å². The molecule has 1 heterocycles. The Morgan fingerprint density at radius 3 is 2.37 bits per heavy atom. The molecule has 4 nitrogen and oxygen atoms in total. The van der Waals surface area contributed by atoms with Crippen LogP contribution in [0.2, 0.25) is 0 Å². The molecule has 0 bridgehead atoms. The molecule has 4 rings (SSSR count). The smallest absolute Gasteiger partial charge is 0.279 e. The van der Waals surface area contributed by atoms with Crippen LogP contribution in [0.4, 0.5) is 4.39 Å². The van der Waals surface area contributed by atoms with Crippen LogP contribution in [0, 0.1) is 5.82 Å². The fourth-order valence-electron chi connectivity index (χ4n) is 3.19. The molecule has 4 aromatic rings. The second-order valence-electron chi connectivity index (χ2n) is 6.64. The molecule has 0 atom stereocenters. The first kappa shape index (κ1) is 19.8. The number of hydrogen-bond acceptors (Lipinski definition) is 3. The highest BCUT2D eigenvalue weighted by atomic mass is 32.1. The quantitative estimate of drug-likeness (QED) is 0.451. The first-order chi connectivity index (χ1) is 14.6. The second-order valence-corrected chi connectivity index (χ2v) is 7.62. The highest BCUT2D eigenvalue weighted by Crippen LogP contribution is 2.34. The Kier molecular flexibility index (Phi) is 5.59. The van der Waals surface area contributed by atoms with Crippen molar-refractivity contribution in [1.82, 2.24) is 4.57 Å². The molecule has 0 N–H and O–H groups in total. The Morgan fingerprint density at radius 1 is 0.967 bits per heavy atom. The predicted octanol–water partition coefficient (Wildman–Crippen LogP) is 5.31. The lowest BCUT2D eigenvalue weighted by Gasteiger charge is -2.08. The van der Waals surface area contributed by atoms with E-state index in [1.165, 1.54) is 29.5 Å².